The van der Waals surface area contributed by atoms with Gasteiger partial charge in [-0.05, 0) is 53.6 Å². The highest BCUT2D eigenvalue weighted by Crippen LogP contribution is 2.21. The Balaban J connectivity index is 1.72. The summed E-state index contributed by atoms with van der Waals surface area (Å²) in [6.07, 6.45) is 4.30. The molecule has 1 aliphatic heterocycles. The number of halogens is 1. The van der Waals surface area contributed by atoms with Crippen LogP contribution in [0.1, 0.15) is 35.4 Å². The average Bonchev–Trinajstić information content (AvgIpc) is 2.95. The molecule has 22 heavy (non-hydrogen) atoms. The third-order valence-electron chi connectivity index (χ3n) is 3.77. The van der Waals surface area contributed by atoms with Crippen LogP contribution in [0, 0.1) is 3.57 Å². The van der Waals surface area contributed by atoms with Crippen molar-refractivity contribution in [2.24, 2.45) is 0 Å². The highest BCUT2D eigenvalue weighted by Gasteiger charge is 2.21. The standard InChI is InChI=1S/C15H17IN4O2/c1-11(12-3-5-13(16)6-4-12)20-10-17-9-14(20)15(21)22-18-19-7-2-8-19/h3-6,9-11,18H,2,7-8H2,1H3. The Labute approximate surface area is 142 Å². The third-order valence-corrected chi connectivity index (χ3v) is 4.49. The normalized spacial score (nSPS) is 16.1. The molecule has 2 heterocycles. The summed E-state index contributed by atoms with van der Waals surface area (Å²) in [5.74, 6) is -0.429. The van der Waals surface area contributed by atoms with Gasteiger partial charge in [-0.25, -0.2) is 14.8 Å². The van der Waals surface area contributed by atoms with Crippen molar-refractivity contribution in [1.29, 1.82) is 0 Å². The molecule has 116 valence electrons. The number of hydrogen-bond donors (Lipinski definition) is 1. The number of hydrazine groups is 1. The second-order valence-corrected chi connectivity index (χ2v) is 6.48. The van der Waals surface area contributed by atoms with E-state index in [0.29, 0.717) is 5.69 Å². The van der Waals surface area contributed by atoms with Gasteiger partial charge in [0.2, 0.25) is 0 Å². The van der Waals surface area contributed by atoms with Crippen molar-refractivity contribution < 1.29 is 9.63 Å². The smallest absolute Gasteiger partial charge is 0.350 e. The molecule has 0 amide bonds. The minimum absolute atomic E-state index is 0.00561. The van der Waals surface area contributed by atoms with Crippen LogP contribution >= 0.6 is 22.6 Å². The van der Waals surface area contributed by atoms with Gasteiger partial charge >= 0.3 is 5.97 Å². The summed E-state index contributed by atoms with van der Waals surface area (Å²) < 4.78 is 3.00. The zero-order valence-corrected chi connectivity index (χ0v) is 14.4. The number of rotatable bonds is 5. The van der Waals surface area contributed by atoms with Gasteiger partial charge in [-0.15, -0.1) is 0 Å². The van der Waals surface area contributed by atoms with Gasteiger partial charge in [-0.2, -0.15) is 0 Å². The van der Waals surface area contributed by atoms with Crippen LogP contribution in [0.25, 0.3) is 0 Å². The van der Waals surface area contributed by atoms with E-state index >= 15 is 0 Å². The number of carbonyl (C=O) groups excluding carboxylic acids is 1. The molecule has 3 rings (SSSR count). The summed E-state index contributed by atoms with van der Waals surface area (Å²) in [4.78, 5) is 21.4. The molecule has 0 saturated carbocycles. The highest BCUT2D eigenvalue weighted by atomic mass is 127. The predicted octanol–water partition coefficient (Wildman–Crippen LogP) is 2.38. The lowest BCUT2D eigenvalue weighted by Crippen LogP contribution is -2.48. The summed E-state index contributed by atoms with van der Waals surface area (Å²) in [7, 11) is 0. The highest BCUT2D eigenvalue weighted by molar-refractivity contribution is 14.1. The van der Waals surface area contributed by atoms with Crippen LogP contribution in [0.2, 0.25) is 0 Å². The van der Waals surface area contributed by atoms with Crippen LogP contribution in [0.5, 0.6) is 0 Å². The topological polar surface area (TPSA) is 59.4 Å². The van der Waals surface area contributed by atoms with E-state index in [1.54, 1.807) is 6.33 Å². The Kier molecular flexibility index (Phi) is 4.74. The molecule has 1 aromatic heterocycles. The minimum atomic E-state index is -0.429. The van der Waals surface area contributed by atoms with Crippen molar-refractivity contribution in [3.05, 3.63) is 51.6 Å². The lowest BCUT2D eigenvalue weighted by atomic mass is 10.1. The molecular formula is C15H17IN4O2. The van der Waals surface area contributed by atoms with E-state index in [-0.39, 0.29) is 6.04 Å². The third kappa shape index (κ3) is 3.31. The molecule has 0 aliphatic carbocycles. The van der Waals surface area contributed by atoms with E-state index in [0.717, 1.165) is 25.1 Å². The van der Waals surface area contributed by atoms with Gasteiger partial charge in [0.15, 0.2) is 0 Å². The fourth-order valence-electron chi connectivity index (χ4n) is 2.24. The van der Waals surface area contributed by atoms with Gasteiger partial charge in [0.1, 0.15) is 5.69 Å². The molecule has 1 N–H and O–H groups in total. The van der Waals surface area contributed by atoms with Gasteiger partial charge in [0.05, 0.1) is 18.6 Å². The van der Waals surface area contributed by atoms with Crippen molar-refractivity contribution in [3.63, 3.8) is 0 Å². The van der Waals surface area contributed by atoms with Crippen LogP contribution in [0.4, 0.5) is 0 Å². The Hall–Kier alpha value is -1.45. The molecule has 1 unspecified atom stereocenters. The van der Waals surface area contributed by atoms with Gasteiger partial charge in [-0.3, -0.25) is 0 Å². The largest absolute Gasteiger partial charge is 0.376 e. The fourth-order valence-corrected chi connectivity index (χ4v) is 2.60. The molecule has 1 aliphatic rings. The zero-order valence-electron chi connectivity index (χ0n) is 12.2. The Morgan fingerprint density at radius 2 is 2.09 bits per heavy atom. The minimum Gasteiger partial charge on any atom is -0.350 e. The Morgan fingerprint density at radius 3 is 2.73 bits per heavy atom. The number of carbonyl (C=O) groups is 1. The zero-order chi connectivity index (χ0) is 15.5. The maximum Gasteiger partial charge on any atom is 0.376 e. The summed E-state index contributed by atoms with van der Waals surface area (Å²) in [5.41, 5.74) is 4.21. The first-order valence-electron chi connectivity index (χ1n) is 7.14. The van der Waals surface area contributed by atoms with Crippen LogP contribution in [0.3, 0.4) is 0 Å². The molecule has 1 saturated heterocycles. The van der Waals surface area contributed by atoms with Gasteiger partial charge in [-0.1, -0.05) is 17.7 Å². The molecule has 0 spiro atoms. The average molecular weight is 412 g/mol. The molecule has 1 fully saturated rings. The Bertz CT molecular complexity index is 652. The first-order chi connectivity index (χ1) is 10.6. The van der Waals surface area contributed by atoms with E-state index in [2.05, 4.69) is 45.3 Å². The van der Waals surface area contributed by atoms with Crippen molar-refractivity contribution in [1.82, 2.24) is 20.1 Å². The Morgan fingerprint density at radius 1 is 1.36 bits per heavy atom. The fraction of sp³-hybridized carbons (Fsp3) is 0.333. The van der Waals surface area contributed by atoms with Crippen molar-refractivity contribution in [2.45, 2.75) is 19.4 Å². The second kappa shape index (κ2) is 6.76. The van der Waals surface area contributed by atoms with E-state index < -0.39 is 5.97 Å². The quantitative estimate of drug-likeness (QED) is 0.604. The summed E-state index contributed by atoms with van der Waals surface area (Å²) in [6, 6.07) is 8.21. The lowest BCUT2D eigenvalue weighted by molar-refractivity contribution is -0.0772. The van der Waals surface area contributed by atoms with Crippen molar-refractivity contribution in [2.75, 3.05) is 13.1 Å². The van der Waals surface area contributed by atoms with Gasteiger partial charge in [0, 0.05) is 16.7 Å². The molecule has 6 nitrogen and oxygen atoms in total. The molecular weight excluding hydrogens is 395 g/mol. The molecule has 1 atom stereocenters. The maximum absolute atomic E-state index is 12.2. The summed E-state index contributed by atoms with van der Waals surface area (Å²) in [5, 5.41) is 1.85. The molecule has 0 bridgehead atoms. The van der Waals surface area contributed by atoms with E-state index in [1.807, 2.05) is 28.6 Å². The van der Waals surface area contributed by atoms with Crippen LogP contribution in [0.15, 0.2) is 36.8 Å². The van der Waals surface area contributed by atoms with Crippen LogP contribution < -0.4 is 5.59 Å². The van der Waals surface area contributed by atoms with Crippen molar-refractivity contribution in [3.8, 4) is 0 Å². The van der Waals surface area contributed by atoms with E-state index in [4.69, 9.17) is 4.84 Å². The predicted molar refractivity (Wildman–Crippen MR) is 89.9 cm³/mol. The SMILES string of the molecule is CC(c1ccc(I)cc1)n1cncc1C(=O)ONN1CCC1. The lowest BCUT2D eigenvalue weighted by Gasteiger charge is -2.29. The first kappa shape index (κ1) is 15.4. The summed E-state index contributed by atoms with van der Waals surface area (Å²) >= 11 is 2.27. The monoisotopic (exact) mass is 412 g/mol. The van der Waals surface area contributed by atoms with Gasteiger partial charge in [0.25, 0.3) is 0 Å². The summed E-state index contributed by atoms with van der Waals surface area (Å²) in [6.45, 7) is 3.82. The molecule has 0 radical (unpaired) electrons. The number of nitrogens with one attached hydrogen (secondary N) is 1. The number of hydrogen-bond acceptors (Lipinski definition) is 5. The molecule has 7 heteroatoms. The van der Waals surface area contributed by atoms with E-state index in [1.165, 1.54) is 9.77 Å². The van der Waals surface area contributed by atoms with Crippen LogP contribution in [-0.4, -0.2) is 33.6 Å². The number of benzene rings is 1. The second-order valence-electron chi connectivity index (χ2n) is 5.24. The van der Waals surface area contributed by atoms with Gasteiger partial charge < -0.3 is 9.40 Å². The number of aromatic nitrogens is 2. The first-order valence-corrected chi connectivity index (χ1v) is 8.22. The van der Waals surface area contributed by atoms with Crippen molar-refractivity contribution >= 4 is 28.6 Å². The molecule has 2 aromatic rings. The van der Waals surface area contributed by atoms with Crippen LogP contribution in [-0.2, 0) is 4.84 Å². The maximum atomic E-state index is 12.2. The number of nitrogens with zero attached hydrogens (tertiary/aromatic N) is 3. The number of imidazole rings is 1. The molecule has 1 aromatic carbocycles. The van der Waals surface area contributed by atoms with E-state index in [9.17, 15) is 4.79 Å².